The van der Waals surface area contributed by atoms with E-state index in [4.69, 9.17) is 9.47 Å². The summed E-state index contributed by atoms with van der Waals surface area (Å²) >= 11 is 0. The molecule has 4 rings (SSSR count). The lowest BCUT2D eigenvalue weighted by atomic mass is 9.93. The van der Waals surface area contributed by atoms with Crippen molar-refractivity contribution in [3.63, 3.8) is 0 Å². The molecule has 31 heavy (non-hydrogen) atoms. The quantitative estimate of drug-likeness (QED) is 0.620. The van der Waals surface area contributed by atoms with E-state index < -0.39 is 0 Å². The summed E-state index contributed by atoms with van der Waals surface area (Å²) in [6.07, 6.45) is 8.11. The Morgan fingerprint density at radius 2 is 1.84 bits per heavy atom. The number of carbonyl (C=O) groups is 1. The molecule has 0 spiro atoms. The number of carbonyl (C=O) groups excluding carboxylic acids is 1. The summed E-state index contributed by atoms with van der Waals surface area (Å²) in [5.74, 6) is 0.697. The highest BCUT2D eigenvalue weighted by Gasteiger charge is 2.25. The van der Waals surface area contributed by atoms with Crippen LogP contribution in [0.15, 0.2) is 47.8 Å². The van der Waals surface area contributed by atoms with Crippen molar-refractivity contribution >= 4 is 16.8 Å². The van der Waals surface area contributed by atoms with Crippen LogP contribution in [-0.4, -0.2) is 44.7 Å². The van der Waals surface area contributed by atoms with Crippen LogP contribution in [0, 0.1) is 0 Å². The fourth-order valence-electron chi connectivity index (χ4n) is 3.80. The molecule has 2 aromatic heterocycles. The van der Waals surface area contributed by atoms with E-state index in [-0.39, 0.29) is 30.0 Å². The number of ether oxygens (including phenoxy) is 2. The average molecular weight is 423 g/mol. The molecule has 3 aromatic rings. The molecular weight excluding hydrogens is 398 g/mol. The molecule has 1 fully saturated rings. The van der Waals surface area contributed by atoms with Crippen LogP contribution in [0.25, 0.3) is 10.9 Å². The van der Waals surface area contributed by atoms with E-state index in [0.29, 0.717) is 29.2 Å². The normalized spacial score (nSPS) is 18.5. The van der Waals surface area contributed by atoms with Crippen LogP contribution < -0.4 is 20.3 Å². The first-order valence-electron chi connectivity index (χ1n) is 10.4. The Balaban J connectivity index is 1.25. The largest absolute Gasteiger partial charge is 0.477 e. The Bertz CT molecular complexity index is 1110. The Hall–Kier alpha value is -3.49. The molecule has 9 nitrogen and oxygen atoms in total. The van der Waals surface area contributed by atoms with Gasteiger partial charge >= 0.3 is 0 Å². The fourth-order valence-corrected chi connectivity index (χ4v) is 3.80. The van der Waals surface area contributed by atoms with E-state index in [0.717, 1.165) is 25.7 Å². The number of methoxy groups -OCH3 is 1. The maximum atomic E-state index is 12.5. The lowest BCUT2D eigenvalue weighted by Crippen LogP contribution is -2.40. The molecule has 162 valence electrons. The zero-order valence-corrected chi connectivity index (χ0v) is 17.4. The summed E-state index contributed by atoms with van der Waals surface area (Å²) in [5.41, 5.74) is 0.529. The number of aromatic nitrogens is 4. The highest BCUT2D eigenvalue weighted by Crippen LogP contribution is 2.27. The van der Waals surface area contributed by atoms with Gasteiger partial charge in [0.25, 0.3) is 17.3 Å². The van der Waals surface area contributed by atoms with Crippen molar-refractivity contribution in [2.45, 2.75) is 50.8 Å². The van der Waals surface area contributed by atoms with Crippen molar-refractivity contribution < 1.29 is 14.3 Å². The van der Waals surface area contributed by atoms with Gasteiger partial charge in [-0.15, -0.1) is 0 Å². The van der Waals surface area contributed by atoms with Crippen LogP contribution in [0.4, 0.5) is 0 Å². The van der Waals surface area contributed by atoms with Gasteiger partial charge in [0.1, 0.15) is 6.10 Å². The standard InChI is InChI=1S/C22H25N5O4/c1-30-20-21(24-12-11-23-20)31-16-8-6-15(7-9-16)26-19(28)10-13-27-14-25-18-5-3-2-4-17(18)22(27)29/h2-5,11-12,14-16H,6-10,13H2,1H3,(H,26,28). The smallest absolute Gasteiger partial charge is 0.278 e. The second-order valence-corrected chi connectivity index (χ2v) is 7.54. The van der Waals surface area contributed by atoms with Crippen molar-refractivity contribution in [1.82, 2.24) is 24.8 Å². The molecular formula is C22H25N5O4. The molecule has 2 heterocycles. The summed E-state index contributed by atoms with van der Waals surface area (Å²) < 4.78 is 12.6. The second kappa shape index (κ2) is 9.55. The molecule has 0 radical (unpaired) electrons. The predicted molar refractivity (Wildman–Crippen MR) is 114 cm³/mol. The number of aryl methyl sites for hydroxylation is 1. The molecule has 1 aliphatic carbocycles. The number of nitrogens with zero attached hydrogens (tertiary/aromatic N) is 4. The van der Waals surface area contributed by atoms with Crippen molar-refractivity contribution in [3.8, 4) is 11.8 Å². The zero-order chi connectivity index (χ0) is 21.6. The lowest BCUT2D eigenvalue weighted by molar-refractivity contribution is -0.122. The van der Waals surface area contributed by atoms with Crippen molar-refractivity contribution in [2.24, 2.45) is 0 Å². The van der Waals surface area contributed by atoms with E-state index >= 15 is 0 Å². The van der Waals surface area contributed by atoms with E-state index in [1.165, 1.54) is 18.0 Å². The third-order valence-electron chi connectivity index (χ3n) is 5.46. The molecule has 1 aromatic carbocycles. The second-order valence-electron chi connectivity index (χ2n) is 7.54. The molecule has 9 heteroatoms. The third kappa shape index (κ3) is 4.99. The Kier molecular flexibility index (Phi) is 6.40. The van der Waals surface area contributed by atoms with Crippen molar-refractivity contribution in [2.75, 3.05) is 7.11 Å². The van der Waals surface area contributed by atoms with Crippen LogP contribution in [0.3, 0.4) is 0 Å². The lowest BCUT2D eigenvalue weighted by Gasteiger charge is -2.29. The molecule has 0 unspecified atom stereocenters. The first-order valence-corrected chi connectivity index (χ1v) is 10.4. The van der Waals surface area contributed by atoms with Crippen LogP contribution in [-0.2, 0) is 11.3 Å². The number of para-hydroxylation sites is 1. The van der Waals surface area contributed by atoms with E-state index in [2.05, 4.69) is 20.3 Å². The number of rotatable bonds is 7. The number of amides is 1. The van der Waals surface area contributed by atoms with Gasteiger partial charge in [0.05, 0.1) is 24.3 Å². The van der Waals surface area contributed by atoms with Gasteiger partial charge in [0.2, 0.25) is 5.91 Å². The molecule has 0 aliphatic heterocycles. The maximum Gasteiger partial charge on any atom is 0.278 e. The van der Waals surface area contributed by atoms with Gasteiger partial charge in [-0.2, -0.15) is 0 Å². The van der Waals surface area contributed by atoms with Gasteiger partial charge in [-0.25, -0.2) is 15.0 Å². The first-order chi connectivity index (χ1) is 15.1. The molecule has 1 amide bonds. The summed E-state index contributed by atoms with van der Waals surface area (Å²) in [7, 11) is 1.53. The summed E-state index contributed by atoms with van der Waals surface area (Å²) in [6, 6.07) is 7.30. The molecule has 1 aliphatic rings. The number of hydrogen-bond acceptors (Lipinski definition) is 7. The minimum Gasteiger partial charge on any atom is -0.477 e. The van der Waals surface area contributed by atoms with E-state index in [1.54, 1.807) is 24.5 Å². The van der Waals surface area contributed by atoms with Crippen LogP contribution >= 0.6 is 0 Å². The third-order valence-corrected chi connectivity index (χ3v) is 5.46. The van der Waals surface area contributed by atoms with Crippen molar-refractivity contribution in [3.05, 3.63) is 53.3 Å². The Morgan fingerprint density at radius 3 is 2.61 bits per heavy atom. The monoisotopic (exact) mass is 423 g/mol. The number of nitrogens with one attached hydrogen (secondary N) is 1. The topological polar surface area (TPSA) is 108 Å². The molecule has 1 saturated carbocycles. The van der Waals surface area contributed by atoms with Gasteiger partial charge in [-0.05, 0) is 37.8 Å². The summed E-state index contributed by atoms with van der Waals surface area (Å²) in [4.78, 5) is 37.5. The van der Waals surface area contributed by atoms with Crippen LogP contribution in [0.1, 0.15) is 32.1 Å². The van der Waals surface area contributed by atoms with Gasteiger partial charge in [-0.3, -0.25) is 14.2 Å². The average Bonchev–Trinajstić information content (AvgIpc) is 2.80. The Labute approximate surface area is 179 Å². The SMILES string of the molecule is COc1nccnc1OC1CCC(NC(=O)CCn2cnc3ccccc3c2=O)CC1. The van der Waals surface area contributed by atoms with E-state index in [9.17, 15) is 9.59 Å². The highest BCUT2D eigenvalue weighted by molar-refractivity contribution is 5.77. The number of fused-ring (bicyclic) bond motifs is 1. The van der Waals surface area contributed by atoms with Crippen LogP contribution in [0.5, 0.6) is 11.8 Å². The molecule has 0 bridgehead atoms. The molecule has 0 atom stereocenters. The van der Waals surface area contributed by atoms with E-state index in [1.807, 2.05) is 12.1 Å². The summed E-state index contributed by atoms with van der Waals surface area (Å²) in [5, 5.41) is 3.63. The zero-order valence-electron chi connectivity index (χ0n) is 17.4. The molecule has 0 saturated heterocycles. The van der Waals surface area contributed by atoms with Gasteiger partial charge in [0, 0.05) is 31.4 Å². The minimum atomic E-state index is -0.129. The highest BCUT2D eigenvalue weighted by atomic mass is 16.5. The van der Waals surface area contributed by atoms with Gasteiger partial charge in [0.15, 0.2) is 0 Å². The summed E-state index contributed by atoms with van der Waals surface area (Å²) in [6.45, 7) is 0.299. The van der Waals surface area contributed by atoms with Gasteiger partial charge in [-0.1, -0.05) is 12.1 Å². The maximum absolute atomic E-state index is 12.5. The first kappa shape index (κ1) is 20.8. The van der Waals surface area contributed by atoms with Crippen LogP contribution in [0.2, 0.25) is 0 Å². The number of hydrogen-bond donors (Lipinski definition) is 1. The molecule has 1 N–H and O–H groups in total. The predicted octanol–water partition coefficient (Wildman–Crippen LogP) is 2.09. The fraction of sp³-hybridized carbons (Fsp3) is 0.409. The number of benzene rings is 1. The van der Waals surface area contributed by atoms with Crippen molar-refractivity contribution in [1.29, 1.82) is 0 Å². The van der Waals surface area contributed by atoms with Gasteiger partial charge < -0.3 is 14.8 Å². The Morgan fingerprint density at radius 1 is 1.10 bits per heavy atom. The minimum absolute atomic E-state index is 0.0148.